The van der Waals surface area contributed by atoms with Gasteiger partial charge in [0.05, 0.1) is 22.9 Å². The molecule has 0 bridgehead atoms. The number of aromatic nitrogens is 4. The molecule has 7 nitrogen and oxygen atoms in total. The summed E-state index contributed by atoms with van der Waals surface area (Å²) < 4.78 is 59.4. The van der Waals surface area contributed by atoms with E-state index in [-0.39, 0.29) is 40.3 Å². The molecule has 0 aliphatic heterocycles. The lowest BCUT2D eigenvalue weighted by Gasteiger charge is -2.19. The van der Waals surface area contributed by atoms with Gasteiger partial charge in [-0.25, -0.2) is 26.7 Å². The second-order valence-electron chi connectivity index (χ2n) is 12.5. The van der Waals surface area contributed by atoms with Crippen LogP contribution in [0.3, 0.4) is 0 Å². The molecule has 0 aliphatic rings. The number of pyridine rings is 1. The minimum Gasteiger partial charge on any atom is -0.279 e. The van der Waals surface area contributed by atoms with E-state index < -0.39 is 22.2 Å². The van der Waals surface area contributed by atoms with Crippen LogP contribution in [-0.2, 0) is 46.4 Å². The van der Waals surface area contributed by atoms with Crippen molar-refractivity contribution < 1.29 is 17.2 Å². The highest BCUT2D eigenvalue weighted by Gasteiger charge is 2.32. The summed E-state index contributed by atoms with van der Waals surface area (Å²) in [6.45, 7) is 8.77. The third-order valence-electron chi connectivity index (χ3n) is 7.99. The van der Waals surface area contributed by atoms with Crippen molar-refractivity contribution in [2.75, 3.05) is 0 Å². The van der Waals surface area contributed by atoms with Crippen molar-refractivity contribution in [2.45, 2.75) is 75.6 Å². The highest BCUT2D eigenvalue weighted by molar-refractivity contribution is 7.90. The maximum atomic E-state index is 15.6. The standard InChI is InChI=1S/C36H38F2N4O3S/c1-5-41-33(40-42(34(41)43)24-26-14-17-29(18-15-26)35(2,3)4)20-21-36(37,38)30-11-9-10-28(22-30)32-19-16-27(23-39-32)25-46(44,45)31-12-7-6-8-13-31/h6-19,22-23H,5,20-21,24-25H2,1-4H3. The Morgan fingerprint density at radius 1 is 0.826 bits per heavy atom. The van der Waals surface area contributed by atoms with Gasteiger partial charge in [-0.2, -0.15) is 5.10 Å². The van der Waals surface area contributed by atoms with E-state index in [1.54, 1.807) is 61.5 Å². The Bertz CT molecular complexity index is 1960. The number of halogens is 2. The van der Waals surface area contributed by atoms with Crippen molar-refractivity contribution in [2.24, 2.45) is 0 Å². The van der Waals surface area contributed by atoms with Gasteiger partial charge >= 0.3 is 5.69 Å². The number of rotatable bonds is 11. The van der Waals surface area contributed by atoms with E-state index in [1.165, 1.54) is 33.1 Å². The van der Waals surface area contributed by atoms with Crippen molar-refractivity contribution in [3.8, 4) is 11.3 Å². The van der Waals surface area contributed by atoms with Crippen molar-refractivity contribution in [1.29, 1.82) is 0 Å². The first kappa shape index (κ1) is 32.9. The molecule has 5 rings (SSSR count). The zero-order valence-corrected chi connectivity index (χ0v) is 27.3. The lowest BCUT2D eigenvalue weighted by Crippen LogP contribution is -2.25. The molecule has 0 amide bonds. The van der Waals surface area contributed by atoms with Crippen LogP contribution in [0.5, 0.6) is 0 Å². The predicted molar refractivity (Wildman–Crippen MR) is 176 cm³/mol. The van der Waals surface area contributed by atoms with Gasteiger partial charge in [-0.15, -0.1) is 0 Å². The zero-order valence-electron chi connectivity index (χ0n) is 26.5. The zero-order chi connectivity index (χ0) is 33.1. The highest BCUT2D eigenvalue weighted by Crippen LogP contribution is 2.35. The van der Waals surface area contributed by atoms with Gasteiger partial charge < -0.3 is 0 Å². The third kappa shape index (κ3) is 7.50. The quantitative estimate of drug-likeness (QED) is 0.152. The van der Waals surface area contributed by atoms with Gasteiger partial charge in [-0.3, -0.25) is 9.55 Å². The van der Waals surface area contributed by atoms with Crippen LogP contribution in [0.15, 0.2) is 107 Å². The van der Waals surface area contributed by atoms with Crippen LogP contribution in [-0.4, -0.2) is 27.7 Å². The third-order valence-corrected chi connectivity index (χ3v) is 9.70. The molecule has 46 heavy (non-hydrogen) atoms. The Balaban J connectivity index is 1.28. The molecule has 3 aromatic carbocycles. The van der Waals surface area contributed by atoms with Gasteiger partial charge in [0.15, 0.2) is 9.84 Å². The lowest BCUT2D eigenvalue weighted by molar-refractivity contribution is -0.0137. The number of hydrogen-bond acceptors (Lipinski definition) is 5. The number of benzene rings is 3. The Hall–Kier alpha value is -4.44. The average Bonchev–Trinajstić information content (AvgIpc) is 3.34. The van der Waals surface area contributed by atoms with Crippen LogP contribution in [0.25, 0.3) is 11.3 Å². The predicted octanol–water partition coefficient (Wildman–Crippen LogP) is 7.17. The maximum absolute atomic E-state index is 15.6. The molecule has 0 N–H and O–H groups in total. The van der Waals surface area contributed by atoms with Crippen LogP contribution >= 0.6 is 0 Å². The molecule has 0 unspecified atom stereocenters. The van der Waals surface area contributed by atoms with Crippen molar-refractivity contribution in [1.82, 2.24) is 19.3 Å². The molecule has 2 heterocycles. The molecule has 0 saturated heterocycles. The molecular weight excluding hydrogens is 606 g/mol. The first-order chi connectivity index (χ1) is 21.8. The van der Waals surface area contributed by atoms with Gasteiger partial charge in [-0.05, 0) is 53.3 Å². The maximum Gasteiger partial charge on any atom is 0.346 e. The number of hydrogen-bond donors (Lipinski definition) is 0. The van der Waals surface area contributed by atoms with Crippen LogP contribution in [0.2, 0.25) is 0 Å². The largest absolute Gasteiger partial charge is 0.346 e. The normalized spacial score (nSPS) is 12.4. The SMILES string of the molecule is CCn1c(CCC(F)(F)c2cccc(-c3ccc(CS(=O)(=O)c4ccccc4)cn3)c2)nn(Cc2ccc(C(C)(C)C)cc2)c1=O. The fourth-order valence-corrected chi connectivity index (χ4v) is 6.65. The molecule has 240 valence electrons. The van der Waals surface area contributed by atoms with E-state index in [2.05, 4.69) is 30.9 Å². The smallest absolute Gasteiger partial charge is 0.279 e. The second kappa shape index (κ2) is 13.1. The van der Waals surface area contributed by atoms with E-state index in [0.717, 1.165) is 5.56 Å². The van der Waals surface area contributed by atoms with E-state index in [4.69, 9.17) is 0 Å². The topological polar surface area (TPSA) is 86.8 Å². The van der Waals surface area contributed by atoms with Gasteiger partial charge in [-0.1, -0.05) is 87.5 Å². The molecule has 0 radical (unpaired) electrons. The molecule has 0 aliphatic carbocycles. The number of nitrogens with zero attached hydrogens (tertiary/aromatic N) is 4. The summed E-state index contributed by atoms with van der Waals surface area (Å²) in [4.78, 5) is 17.6. The van der Waals surface area contributed by atoms with Crippen molar-refractivity contribution in [3.05, 3.63) is 136 Å². The molecule has 0 atom stereocenters. The van der Waals surface area contributed by atoms with Crippen LogP contribution in [0.1, 0.15) is 62.2 Å². The van der Waals surface area contributed by atoms with E-state index in [0.29, 0.717) is 29.2 Å². The Morgan fingerprint density at radius 2 is 1.52 bits per heavy atom. The summed E-state index contributed by atoms with van der Waals surface area (Å²) in [6, 6.07) is 25.5. The summed E-state index contributed by atoms with van der Waals surface area (Å²) in [5.74, 6) is -3.09. The van der Waals surface area contributed by atoms with Gasteiger partial charge in [0.25, 0.3) is 5.92 Å². The van der Waals surface area contributed by atoms with Crippen molar-refractivity contribution >= 4 is 9.84 Å². The van der Waals surface area contributed by atoms with Crippen molar-refractivity contribution in [3.63, 3.8) is 0 Å². The summed E-state index contributed by atoms with van der Waals surface area (Å²) >= 11 is 0. The monoisotopic (exact) mass is 644 g/mol. The molecule has 0 saturated carbocycles. The molecule has 10 heteroatoms. The summed E-state index contributed by atoms with van der Waals surface area (Å²) in [6.07, 6.45) is 0.843. The van der Waals surface area contributed by atoms with Crippen LogP contribution < -0.4 is 5.69 Å². The van der Waals surface area contributed by atoms with E-state index >= 15 is 8.78 Å². The first-order valence-corrected chi connectivity index (χ1v) is 16.9. The fourth-order valence-electron chi connectivity index (χ4n) is 5.31. The summed E-state index contributed by atoms with van der Waals surface area (Å²) in [5.41, 5.74) is 3.03. The minimum atomic E-state index is -3.54. The number of sulfone groups is 1. The molecular formula is C36H38F2N4O3S. The van der Waals surface area contributed by atoms with E-state index in [1.807, 2.05) is 24.3 Å². The number of aryl methyl sites for hydroxylation is 1. The lowest BCUT2D eigenvalue weighted by atomic mass is 9.87. The minimum absolute atomic E-state index is 0.00618. The van der Waals surface area contributed by atoms with Gasteiger partial charge in [0.1, 0.15) is 5.82 Å². The Labute approximate surface area is 268 Å². The van der Waals surface area contributed by atoms with Crippen LogP contribution in [0.4, 0.5) is 8.78 Å². The molecule has 5 aromatic rings. The second-order valence-corrected chi connectivity index (χ2v) is 14.4. The Kier molecular flexibility index (Phi) is 9.39. The van der Waals surface area contributed by atoms with E-state index in [9.17, 15) is 13.2 Å². The molecule has 0 fully saturated rings. The van der Waals surface area contributed by atoms with Crippen LogP contribution in [0, 0.1) is 0 Å². The van der Waals surface area contributed by atoms with Gasteiger partial charge in [0.2, 0.25) is 0 Å². The first-order valence-electron chi connectivity index (χ1n) is 15.2. The fraction of sp³-hybridized carbons (Fsp3) is 0.306. The van der Waals surface area contributed by atoms with Gasteiger partial charge in [0, 0.05) is 36.7 Å². The summed E-state index contributed by atoms with van der Waals surface area (Å²) in [5, 5.41) is 4.44. The molecule has 2 aromatic heterocycles. The molecule has 0 spiro atoms. The Morgan fingerprint density at radius 3 is 2.15 bits per heavy atom. The highest BCUT2D eigenvalue weighted by atomic mass is 32.2. The number of alkyl halides is 2. The average molecular weight is 645 g/mol. The summed E-state index contributed by atoms with van der Waals surface area (Å²) in [7, 11) is -3.54.